The molecule has 0 bridgehead atoms. The normalized spacial score (nSPS) is 28.0. The second-order valence-corrected chi connectivity index (χ2v) is 11.3. The lowest BCUT2D eigenvalue weighted by molar-refractivity contribution is -0.0532. The van der Waals surface area contributed by atoms with Crippen LogP contribution in [0, 0.1) is 17.6 Å². The van der Waals surface area contributed by atoms with E-state index in [1.54, 1.807) is 6.92 Å². The molecule has 1 fully saturated rings. The molecule has 2 aromatic heterocycles. The minimum Gasteiger partial charge on any atom is -0.388 e. The zero-order valence-electron chi connectivity index (χ0n) is 19.5. The first-order valence-corrected chi connectivity index (χ1v) is 12.5. The van der Waals surface area contributed by atoms with Crippen molar-refractivity contribution < 1.29 is 47.2 Å². The summed E-state index contributed by atoms with van der Waals surface area (Å²) in [6.45, 7) is 5.74. The number of aromatic amines is 1. The molecule has 1 aliphatic heterocycles. The Hall–Kier alpha value is -1.86. The van der Waals surface area contributed by atoms with Gasteiger partial charge in [0.25, 0.3) is 11.5 Å². The third kappa shape index (κ3) is 5.04. The van der Waals surface area contributed by atoms with Gasteiger partial charge in [0.15, 0.2) is 11.2 Å². The molecule has 2 aromatic rings. The van der Waals surface area contributed by atoms with Gasteiger partial charge in [-0.3, -0.25) is 9.36 Å². The third-order valence-corrected chi connectivity index (χ3v) is 8.76. The standard InChI is InChI=1S/C21H28F3N2O8P/c1-5-20(3,34-35(31,32)21(4,30)6-2)8-11-14(27)15(28)16(33-11)10-7-9-12(22)13(23)17(24)25-18(9)26-19(10)29/h7,11,14-16,27-28,30H,5-6,8H2,1-4H3,(H,31,32)(H,25,26,29). The Morgan fingerprint density at radius 1 is 1.17 bits per heavy atom. The lowest BCUT2D eigenvalue weighted by Gasteiger charge is -2.37. The van der Waals surface area contributed by atoms with Gasteiger partial charge in [-0.25, -0.2) is 4.39 Å². The zero-order valence-corrected chi connectivity index (χ0v) is 20.4. The van der Waals surface area contributed by atoms with Crippen molar-refractivity contribution in [1.82, 2.24) is 9.97 Å². The molecule has 5 N–H and O–H groups in total. The van der Waals surface area contributed by atoms with Crippen LogP contribution in [0.25, 0.3) is 11.0 Å². The molecule has 7 unspecified atom stereocenters. The van der Waals surface area contributed by atoms with Crippen molar-refractivity contribution in [2.24, 2.45) is 0 Å². The van der Waals surface area contributed by atoms with Crippen molar-refractivity contribution in [3.05, 3.63) is 39.6 Å². The van der Waals surface area contributed by atoms with E-state index in [9.17, 15) is 42.7 Å². The lowest BCUT2D eigenvalue weighted by atomic mass is 9.92. The van der Waals surface area contributed by atoms with Gasteiger partial charge in [-0.15, -0.1) is 0 Å². The van der Waals surface area contributed by atoms with Crippen molar-refractivity contribution in [2.45, 2.75) is 82.3 Å². The fraction of sp³-hybridized carbons (Fsp3) is 0.619. The van der Waals surface area contributed by atoms with Crippen LogP contribution < -0.4 is 5.56 Å². The molecule has 1 saturated heterocycles. The number of aliphatic hydroxyl groups is 3. The van der Waals surface area contributed by atoms with Crippen LogP contribution in [0.1, 0.15) is 58.6 Å². The van der Waals surface area contributed by atoms with Crippen LogP contribution in [-0.2, 0) is 13.8 Å². The van der Waals surface area contributed by atoms with E-state index in [4.69, 9.17) is 9.26 Å². The molecule has 3 rings (SSSR count). The van der Waals surface area contributed by atoms with Crippen LogP contribution in [0.5, 0.6) is 0 Å². The molecule has 0 saturated carbocycles. The number of hydrogen-bond acceptors (Lipinski definition) is 8. The SMILES string of the molecule is CCC(C)(CC1OC(c2cc3c(F)c(F)c(F)nc3[nH]c2=O)C(O)C1O)OP(=O)(O)C(C)(O)CC. The second-order valence-electron chi connectivity index (χ2n) is 9.11. The number of H-pyrrole nitrogens is 1. The Kier molecular flexibility index (Phi) is 7.56. The van der Waals surface area contributed by atoms with Gasteiger partial charge in [-0.05, 0) is 32.8 Å². The summed E-state index contributed by atoms with van der Waals surface area (Å²) in [7, 11) is -4.56. The highest BCUT2D eigenvalue weighted by Crippen LogP contribution is 2.59. The number of ether oxygens (including phenoxy) is 1. The van der Waals surface area contributed by atoms with Crippen molar-refractivity contribution in [2.75, 3.05) is 0 Å². The number of aliphatic hydroxyl groups excluding tert-OH is 2. The summed E-state index contributed by atoms with van der Waals surface area (Å²) in [5.74, 6) is -5.20. The molecule has 1 aliphatic rings. The minimum absolute atomic E-state index is 0.0788. The van der Waals surface area contributed by atoms with Crippen molar-refractivity contribution >= 4 is 18.6 Å². The van der Waals surface area contributed by atoms with Crippen LogP contribution >= 0.6 is 7.60 Å². The molecule has 0 aromatic carbocycles. The van der Waals surface area contributed by atoms with Crippen molar-refractivity contribution in [3.8, 4) is 0 Å². The first-order chi connectivity index (χ1) is 16.1. The number of nitrogens with one attached hydrogen (secondary N) is 1. The number of halogens is 3. The van der Waals surface area contributed by atoms with Gasteiger partial charge in [0.1, 0.15) is 24.0 Å². The van der Waals surface area contributed by atoms with E-state index in [0.29, 0.717) is 0 Å². The number of rotatable bonds is 8. The summed E-state index contributed by atoms with van der Waals surface area (Å²) in [4.78, 5) is 28.1. The van der Waals surface area contributed by atoms with E-state index in [1.165, 1.54) is 13.8 Å². The summed E-state index contributed by atoms with van der Waals surface area (Å²) in [6.07, 6.45) is -6.17. The summed E-state index contributed by atoms with van der Waals surface area (Å²) < 4.78 is 65.1. The predicted octanol–water partition coefficient (Wildman–Crippen LogP) is 2.38. The van der Waals surface area contributed by atoms with Gasteiger partial charge in [0.2, 0.25) is 5.82 Å². The van der Waals surface area contributed by atoms with Gasteiger partial charge < -0.3 is 34.5 Å². The van der Waals surface area contributed by atoms with Crippen LogP contribution in [0.15, 0.2) is 10.9 Å². The molecule has 0 radical (unpaired) electrons. The molecule has 3 heterocycles. The first-order valence-electron chi connectivity index (χ1n) is 10.9. The Morgan fingerprint density at radius 2 is 1.80 bits per heavy atom. The molecular formula is C21H28F3N2O8P. The van der Waals surface area contributed by atoms with Gasteiger partial charge >= 0.3 is 7.60 Å². The molecule has 0 aliphatic carbocycles. The van der Waals surface area contributed by atoms with Crippen molar-refractivity contribution in [1.29, 1.82) is 0 Å². The Labute approximate surface area is 198 Å². The lowest BCUT2D eigenvalue weighted by Crippen LogP contribution is -2.40. The average Bonchev–Trinajstić information content (AvgIpc) is 3.04. The maximum atomic E-state index is 14.2. The summed E-state index contributed by atoms with van der Waals surface area (Å²) in [5.41, 5.74) is -3.29. The third-order valence-electron chi connectivity index (χ3n) is 6.54. The predicted molar refractivity (Wildman–Crippen MR) is 117 cm³/mol. The van der Waals surface area contributed by atoms with E-state index in [2.05, 4.69) is 9.97 Å². The highest BCUT2D eigenvalue weighted by atomic mass is 31.2. The molecule has 0 amide bonds. The Balaban J connectivity index is 1.92. The van der Waals surface area contributed by atoms with Gasteiger partial charge in [0, 0.05) is 12.0 Å². The molecule has 35 heavy (non-hydrogen) atoms. The molecule has 14 heteroatoms. The molecule has 10 nitrogen and oxygen atoms in total. The largest absolute Gasteiger partial charge is 0.388 e. The molecule has 7 atom stereocenters. The Morgan fingerprint density at radius 3 is 2.37 bits per heavy atom. The van der Waals surface area contributed by atoms with Crippen LogP contribution in [0.3, 0.4) is 0 Å². The quantitative estimate of drug-likeness (QED) is 0.258. The fourth-order valence-electron chi connectivity index (χ4n) is 3.80. The smallest absolute Gasteiger partial charge is 0.359 e. The van der Waals surface area contributed by atoms with Gasteiger partial charge in [-0.2, -0.15) is 13.8 Å². The summed E-state index contributed by atoms with van der Waals surface area (Å²) in [5, 5.41) is 28.8. The fourth-order valence-corrected chi connectivity index (χ4v) is 5.20. The zero-order chi connectivity index (χ0) is 26.5. The molecular weight excluding hydrogens is 496 g/mol. The number of aromatic nitrogens is 2. The summed E-state index contributed by atoms with van der Waals surface area (Å²) in [6, 6.07) is 0.845. The maximum Gasteiger partial charge on any atom is 0.359 e. The highest BCUT2D eigenvalue weighted by Gasteiger charge is 2.50. The van der Waals surface area contributed by atoms with Gasteiger partial charge in [-0.1, -0.05) is 13.8 Å². The maximum absolute atomic E-state index is 14.2. The Bertz CT molecular complexity index is 1230. The first kappa shape index (κ1) is 27.7. The molecule has 196 valence electrons. The van der Waals surface area contributed by atoms with E-state index in [1.807, 2.05) is 0 Å². The van der Waals surface area contributed by atoms with E-state index in [-0.39, 0.29) is 24.8 Å². The van der Waals surface area contributed by atoms with E-state index in [0.717, 1.165) is 13.0 Å². The molecule has 0 spiro atoms. The average molecular weight is 524 g/mol. The number of hydrogen-bond donors (Lipinski definition) is 5. The second kappa shape index (κ2) is 9.55. The van der Waals surface area contributed by atoms with Crippen LogP contribution in [-0.4, -0.2) is 59.4 Å². The van der Waals surface area contributed by atoms with Crippen LogP contribution in [0.4, 0.5) is 13.2 Å². The summed E-state index contributed by atoms with van der Waals surface area (Å²) >= 11 is 0. The number of fused-ring (bicyclic) bond motifs is 1. The number of pyridine rings is 2. The van der Waals surface area contributed by atoms with Gasteiger partial charge in [0.05, 0.1) is 17.1 Å². The van der Waals surface area contributed by atoms with E-state index < -0.39 is 77.1 Å². The van der Waals surface area contributed by atoms with Crippen LogP contribution in [0.2, 0.25) is 0 Å². The van der Waals surface area contributed by atoms with E-state index >= 15 is 0 Å². The topological polar surface area (TPSA) is 162 Å². The number of nitrogens with zero attached hydrogens (tertiary/aromatic N) is 1. The minimum atomic E-state index is -4.56. The van der Waals surface area contributed by atoms with Crippen molar-refractivity contribution in [3.63, 3.8) is 0 Å². The highest BCUT2D eigenvalue weighted by molar-refractivity contribution is 7.54. The monoisotopic (exact) mass is 524 g/mol.